The van der Waals surface area contributed by atoms with Crippen molar-refractivity contribution in [3.05, 3.63) is 52.9 Å². The largest absolute Gasteiger partial charge is 0.333 e. The zero-order valence-electron chi connectivity index (χ0n) is 15.2. The average molecular weight is 395 g/mol. The Morgan fingerprint density at radius 2 is 2.22 bits per heavy atom. The van der Waals surface area contributed by atoms with Crippen LogP contribution in [0.25, 0.3) is 0 Å². The molecule has 1 aromatic heterocycles. The fraction of sp³-hybridized carbons (Fsp3) is 0.421. The summed E-state index contributed by atoms with van der Waals surface area (Å²) in [7, 11) is -2.01. The van der Waals surface area contributed by atoms with E-state index in [-0.39, 0.29) is 29.6 Å². The highest BCUT2D eigenvalue weighted by atomic mass is 32.2. The summed E-state index contributed by atoms with van der Waals surface area (Å²) in [6.07, 6.45) is 1.44. The standard InChI is InChI=1S/C19H23F2N3O2S/c1-13-10-17(23-22-13)19(25)24(8-6-14-7-9-27(2,26)12-14)11-15-4-3-5-16(20)18(15)21/h3-5,10,14H,2,6-9,11-12H2,1H3,(H,22,23). The molecule has 0 bridgehead atoms. The van der Waals surface area contributed by atoms with Gasteiger partial charge in [-0.15, -0.1) is 0 Å². The number of nitrogens with zero attached hydrogens (tertiary/aromatic N) is 2. The fourth-order valence-corrected chi connectivity index (χ4v) is 5.48. The van der Waals surface area contributed by atoms with Gasteiger partial charge in [0.15, 0.2) is 11.6 Å². The number of carbonyl (C=O) groups is 1. The summed E-state index contributed by atoms with van der Waals surface area (Å²) in [5, 5.41) is 6.70. The fourth-order valence-electron chi connectivity index (χ4n) is 3.36. The van der Waals surface area contributed by atoms with Gasteiger partial charge in [-0.1, -0.05) is 12.1 Å². The van der Waals surface area contributed by atoms with E-state index in [4.69, 9.17) is 0 Å². The predicted octanol–water partition coefficient (Wildman–Crippen LogP) is 2.77. The summed E-state index contributed by atoms with van der Waals surface area (Å²) >= 11 is 0. The lowest BCUT2D eigenvalue weighted by molar-refractivity contribution is 0.0726. The minimum Gasteiger partial charge on any atom is -0.333 e. The topological polar surface area (TPSA) is 66.1 Å². The summed E-state index contributed by atoms with van der Waals surface area (Å²) in [5.74, 6) is 2.88. The first-order valence-corrected chi connectivity index (χ1v) is 10.9. The van der Waals surface area contributed by atoms with Crippen LogP contribution in [-0.2, 0) is 16.1 Å². The number of hydrogen-bond acceptors (Lipinski definition) is 3. The molecule has 1 aliphatic rings. The number of nitrogens with one attached hydrogen (secondary N) is 1. The van der Waals surface area contributed by atoms with E-state index in [1.807, 2.05) is 0 Å². The number of halogens is 2. The lowest BCUT2D eigenvalue weighted by Crippen LogP contribution is -2.33. The van der Waals surface area contributed by atoms with Crippen molar-refractivity contribution < 1.29 is 17.8 Å². The Morgan fingerprint density at radius 3 is 2.85 bits per heavy atom. The number of aryl methyl sites for hydroxylation is 1. The Kier molecular flexibility index (Phi) is 5.64. The third kappa shape index (κ3) is 4.74. The minimum atomic E-state index is -2.01. The molecule has 2 heterocycles. The molecule has 27 heavy (non-hydrogen) atoms. The van der Waals surface area contributed by atoms with Gasteiger partial charge in [0.25, 0.3) is 5.91 Å². The first-order chi connectivity index (χ1) is 12.7. The van der Waals surface area contributed by atoms with Crippen LogP contribution in [0, 0.1) is 24.5 Å². The van der Waals surface area contributed by atoms with Crippen LogP contribution in [0.2, 0.25) is 0 Å². The summed E-state index contributed by atoms with van der Waals surface area (Å²) in [5.41, 5.74) is 1.09. The van der Waals surface area contributed by atoms with Gasteiger partial charge >= 0.3 is 0 Å². The van der Waals surface area contributed by atoms with Crippen LogP contribution in [0.1, 0.15) is 34.6 Å². The lowest BCUT2D eigenvalue weighted by Gasteiger charge is -2.23. The smallest absolute Gasteiger partial charge is 0.274 e. The SMILES string of the molecule is C=S1(=O)CCC(CCN(Cc2cccc(F)c2F)C(=O)c2cc(C)[nH]n2)C1. The van der Waals surface area contributed by atoms with Crippen molar-refractivity contribution in [2.45, 2.75) is 26.3 Å². The maximum atomic E-state index is 14.1. The second-order valence-electron chi connectivity index (χ2n) is 7.16. The van der Waals surface area contributed by atoms with Crippen LogP contribution in [0.15, 0.2) is 24.3 Å². The number of H-pyrrole nitrogens is 1. The summed E-state index contributed by atoms with van der Waals surface area (Å²) in [4.78, 5) is 14.3. The molecule has 1 aromatic carbocycles. The highest BCUT2D eigenvalue weighted by molar-refractivity contribution is 8.00. The van der Waals surface area contributed by atoms with Crippen molar-refractivity contribution in [2.75, 3.05) is 18.1 Å². The van der Waals surface area contributed by atoms with Gasteiger partial charge in [0.05, 0.1) is 0 Å². The van der Waals surface area contributed by atoms with Crippen molar-refractivity contribution in [1.29, 1.82) is 0 Å². The molecule has 8 heteroatoms. The van der Waals surface area contributed by atoms with Crippen molar-refractivity contribution in [3.63, 3.8) is 0 Å². The maximum Gasteiger partial charge on any atom is 0.274 e. The minimum absolute atomic E-state index is 0.0548. The molecule has 1 saturated heterocycles. The van der Waals surface area contributed by atoms with Gasteiger partial charge in [0.1, 0.15) is 5.69 Å². The maximum absolute atomic E-state index is 14.1. The van der Waals surface area contributed by atoms with E-state index in [1.54, 1.807) is 13.0 Å². The van der Waals surface area contributed by atoms with Crippen molar-refractivity contribution in [3.8, 4) is 0 Å². The highest BCUT2D eigenvalue weighted by Crippen LogP contribution is 2.23. The predicted molar refractivity (Wildman–Crippen MR) is 102 cm³/mol. The first kappa shape index (κ1) is 19.5. The van der Waals surface area contributed by atoms with E-state index >= 15 is 0 Å². The number of aromatic nitrogens is 2. The molecular formula is C19H23F2N3O2S. The normalized spacial score (nSPS) is 22.1. The third-order valence-electron chi connectivity index (χ3n) is 4.85. The monoisotopic (exact) mass is 395 g/mol. The zero-order valence-corrected chi connectivity index (χ0v) is 16.0. The molecule has 3 rings (SSSR count). The Hall–Kier alpha value is -2.22. The van der Waals surface area contributed by atoms with E-state index < -0.39 is 21.2 Å². The molecule has 0 saturated carbocycles. The molecule has 146 valence electrons. The van der Waals surface area contributed by atoms with Gasteiger partial charge in [-0.2, -0.15) is 5.10 Å². The van der Waals surface area contributed by atoms with Crippen LogP contribution in [0.5, 0.6) is 0 Å². The molecule has 2 atom stereocenters. The van der Waals surface area contributed by atoms with Gasteiger partial charge in [-0.25, -0.2) is 8.78 Å². The Labute approximate surface area is 157 Å². The Balaban J connectivity index is 1.78. The van der Waals surface area contributed by atoms with Crippen molar-refractivity contribution in [1.82, 2.24) is 15.1 Å². The van der Waals surface area contributed by atoms with Crippen molar-refractivity contribution >= 4 is 21.3 Å². The molecule has 1 fully saturated rings. The Bertz CT molecular complexity index is 940. The van der Waals surface area contributed by atoms with E-state index in [0.29, 0.717) is 24.5 Å². The molecule has 5 nitrogen and oxygen atoms in total. The lowest BCUT2D eigenvalue weighted by atomic mass is 10.0. The van der Waals surface area contributed by atoms with Crippen LogP contribution in [-0.4, -0.2) is 49.1 Å². The summed E-state index contributed by atoms with van der Waals surface area (Å²) in [6.45, 7) is 2.07. The Morgan fingerprint density at radius 1 is 1.44 bits per heavy atom. The van der Waals surface area contributed by atoms with Gasteiger partial charge in [0.2, 0.25) is 0 Å². The number of amides is 1. The first-order valence-electron chi connectivity index (χ1n) is 8.82. The molecular weight excluding hydrogens is 372 g/mol. The molecule has 1 N–H and O–H groups in total. The molecule has 0 aliphatic carbocycles. The van der Waals surface area contributed by atoms with Gasteiger partial charge in [-0.3, -0.25) is 14.1 Å². The average Bonchev–Trinajstić information content (AvgIpc) is 3.19. The zero-order chi connectivity index (χ0) is 19.6. The summed E-state index contributed by atoms with van der Waals surface area (Å²) < 4.78 is 39.7. The van der Waals surface area contributed by atoms with Gasteiger partial charge in [0, 0.05) is 35.9 Å². The van der Waals surface area contributed by atoms with Crippen LogP contribution >= 0.6 is 0 Å². The molecule has 2 aromatic rings. The second-order valence-corrected chi connectivity index (χ2v) is 9.83. The molecule has 1 aliphatic heterocycles. The van der Waals surface area contributed by atoms with Gasteiger partial charge in [-0.05, 0) is 53.2 Å². The number of aromatic amines is 1. The van der Waals surface area contributed by atoms with Crippen LogP contribution < -0.4 is 0 Å². The van der Waals surface area contributed by atoms with E-state index in [2.05, 4.69) is 16.1 Å². The molecule has 1 amide bonds. The molecule has 0 radical (unpaired) electrons. The molecule has 0 spiro atoms. The van der Waals surface area contributed by atoms with Gasteiger partial charge < -0.3 is 4.90 Å². The van der Waals surface area contributed by atoms with E-state index in [0.717, 1.165) is 18.2 Å². The van der Waals surface area contributed by atoms with E-state index in [1.165, 1.54) is 17.0 Å². The number of benzene rings is 1. The second kappa shape index (κ2) is 7.80. The molecule has 2 unspecified atom stereocenters. The quantitative estimate of drug-likeness (QED) is 0.765. The van der Waals surface area contributed by atoms with Crippen LogP contribution in [0.4, 0.5) is 8.78 Å². The summed E-state index contributed by atoms with van der Waals surface area (Å²) in [6, 6.07) is 5.55. The number of hydrogen-bond donors (Lipinski definition) is 1. The number of rotatable bonds is 6. The van der Waals surface area contributed by atoms with Crippen molar-refractivity contribution in [2.24, 2.45) is 5.92 Å². The number of carbonyl (C=O) groups excluding carboxylic acids is 1. The van der Waals surface area contributed by atoms with Crippen LogP contribution in [0.3, 0.4) is 0 Å². The highest BCUT2D eigenvalue weighted by Gasteiger charge is 2.26. The third-order valence-corrected chi connectivity index (χ3v) is 6.91. The van der Waals surface area contributed by atoms with E-state index in [9.17, 15) is 17.8 Å².